The molecule has 0 atom stereocenters. The maximum atomic E-state index is 12.4. The summed E-state index contributed by atoms with van der Waals surface area (Å²) in [5, 5.41) is 5.77. The third kappa shape index (κ3) is 4.69. The SMILES string of the molecule is CCCCC(=O)Nc1ccc(C(=O)Nc2cccc(C)c2C)cc1. The molecule has 4 heteroatoms. The van der Waals surface area contributed by atoms with Gasteiger partial charge in [0.1, 0.15) is 0 Å². The van der Waals surface area contributed by atoms with E-state index < -0.39 is 0 Å². The standard InChI is InChI=1S/C20H24N2O2/c1-4-5-9-19(23)21-17-12-10-16(11-13-17)20(24)22-18-8-6-7-14(2)15(18)3/h6-8,10-13H,4-5,9H2,1-3H3,(H,21,23)(H,22,24). The minimum absolute atomic E-state index is 0.00411. The molecular formula is C20H24N2O2. The van der Waals surface area contributed by atoms with Crippen LogP contribution in [0.1, 0.15) is 47.7 Å². The van der Waals surface area contributed by atoms with Crippen molar-refractivity contribution in [1.82, 2.24) is 0 Å². The van der Waals surface area contributed by atoms with E-state index in [1.54, 1.807) is 24.3 Å². The van der Waals surface area contributed by atoms with E-state index in [1.165, 1.54) is 0 Å². The number of unbranched alkanes of at least 4 members (excludes halogenated alkanes) is 1. The van der Waals surface area contributed by atoms with Gasteiger partial charge in [-0.25, -0.2) is 0 Å². The smallest absolute Gasteiger partial charge is 0.255 e. The van der Waals surface area contributed by atoms with Gasteiger partial charge in [0.25, 0.3) is 5.91 Å². The van der Waals surface area contributed by atoms with Gasteiger partial charge in [-0.2, -0.15) is 0 Å². The Hall–Kier alpha value is -2.62. The van der Waals surface area contributed by atoms with E-state index >= 15 is 0 Å². The fraction of sp³-hybridized carbons (Fsp3) is 0.300. The van der Waals surface area contributed by atoms with Gasteiger partial charge in [0.2, 0.25) is 5.91 Å². The predicted molar refractivity (Wildman–Crippen MR) is 98.5 cm³/mol. The molecule has 2 aromatic rings. The number of nitrogens with one attached hydrogen (secondary N) is 2. The Bertz CT molecular complexity index is 721. The summed E-state index contributed by atoms with van der Waals surface area (Å²) in [6.45, 7) is 6.05. The Morgan fingerprint density at radius 3 is 2.33 bits per heavy atom. The van der Waals surface area contributed by atoms with E-state index in [9.17, 15) is 9.59 Å². The fourth-order valence-corrected chi connectivity index (χ4v) is 2.35. The second kappa shape index (κ2) is 8.29. The Morgan fingerprint density at radius 2 is 1.67 bits per heavy atom. The molecule has 0 spiro atoms. The van der Waals surface area contributed by atoms with Crippen LogP contribution in [0.5, 0.6) is 0 Å². The molecule has 2 aromatic carbocycles. The molecule has 0 aliphatic carbocycles. The van der Waals surface area contributed by atoms with E-state index in [4.69, 9.17) is 0 Å². The van der Waals surface area contributed by atoms with Crippen LogP contribution in [0.2, 0.25) is 0 Å². The van der Waals surface area contributed by atoms with Gasteiger partial charge in [0, 0.05) is 23.4 Å². The van der Waals surface area contributed by atoms with E-state index in [2.05, 4.69) is 17.6 Å². The molecule has 0 unspecified atom stereocenters. The summed E-state index contributed by atoms with van der Waals surface area (Å²) in [4.78, 5) is 24.1. The first-order valence-corrected chi connectivity index (χ1v) is 8.28. The van der Waals surface area contributed by atoms with Crippen molar-refractivity contribution in [3.63, 3.8) is 0 Å². The lowest BCUT2D eigenvalue weighted by molar-refractivity contribution is -0.116. The third-order valence-corrected chi connectivity index (χ3v) is 4.04. The van der Waals surface area contributed by atoms with Crippen LogP contribution in [0, 0.1) is 13.8 Å². The van der Waals surface area contributed by atoms with Crippen molar-refractivity contribution in [2.24, 2.45) is 0 Å². The van der Waals surface area contributed by atoms with Gasteiger partial charge in [0.05, 0.1) is 0 Å². The van der Waals surface area contributed by atoms with Gasteiger partial charge >= 0.3 is 0 Å². The van der Waals surface area contributed by atoms with Crippen molar-refractivity contribution in [2.45, 2.75) is 40.0 Å². The van der Waals surface area contributed by atoms with Crippen molar-refractivity contribution in [2.75, 3.05) is 10.6 Å². The van der Waals surface area contributed by atoms with Gasteiger partial charge < -0.3 is 10.6 Å². The van der Waals surface area contributed by atoms with Crippen LogP contribution in [0.15, 0.2) is 42.5 Å². The lowest BCUT2D eigenvalue weighted by atomic mass is 10.1. The number of amides is 2. The van der Waals surface area contributed by atoms with Gasteiger partial charge in [-0.3, -0.25) is 9.59 Å². The van der Waals surface area contributed by atoms with E-state index in [1.807, 2.05) is 32.0 Å². The molecule has 0 saturated carbocycles. The molecule has 0 aliphatic heterocycles. The van der Waals surface area contributed by atoms with Crippen molar-refractivity contribution in [1.29, 1.82) is 0 Å². The minimum Gasteiger partial charge on any atom is -0.326 e. The number of anilines is 2. The highest BCUT2D eigenvalue weighted by atomic mass is 16.2. The van der Waals surface area contributed by atoms with Crippen LogP contribution in [0.25, 0.3) is 0 Å². The lowest BCUT2D eigenvalue weighted by Gasteiger charge is -2.11. The zero-order valence-electron chi connectivity index (χ0n) is 14.5. The zero-order chi connectivity index (χ0) is 17.5. The van der Waals surface area contributed by atoms with E-state index in [-0.39, 0.29) is 11.8 Å². The van der Waals surface area contributed by atoms with Crippen LogP contribution >= 0.6 is 0 Å². The Labute approximate surface area is 143 Å². The largest absolute Gasteiger partial charge is 0.326 e. The molecule has 0 saturated heterocycles. The van der Waals surface area contributed by atoms with Gasteiger partial charge in [-0.05, 0) is 61.7 Å². The third-order valence-electron chi connectivity index (χ3n) is 4.04. The topological polar surface area (TPSA) is 58.2 Å². The molecule has 0 bridgehead atoms. The predicted octanol–water partition coefficient (Wildman–Crippen LogP) is 4.68. The molecule has 2 amide bonds. The van der Waals surface area contributed by atoms with Crippen LogP contribution in [-0.2, 0) is 4.79 Å². The average Bonchev–Trinajstić information content (AvgIpc) is 2.57. The van der Waals surface area contributed by atoms with Crippen molar-refractivity contribution in [3.05, 3.63) is 59.2 Å². The van der Waals surface area contributed by atoms with Crippen molar-refractivity contribution < 1.29 is 9.59 Å². The average molecular weight is 324 g/mol. The number of benzene rings is 2. The fourth-order valence-electron chi connectivity index (χ4n) is 2.35. The molecule has 2 rings (SSSR count). The summed E-state index contributed by atoms with van der Waals surface area (Å²) in [7, 11) is 0. The van der Waals surface area contributed by atoms with Gasteiger partial charge in [-0.15, -0.1) is 0 Å². The molecule has 0 fully saturated rings. The van der Waals surface area contributed by atoms with Crippen LogP contribution in [0.3, 0.4) is 0 Å². The summed E-state index contributed by atoms with van der Waals surface area (Å²) >= 11 is 0. The first-order valence-electron chi connectivity index (χ1n) is 8.28. The van der Waals surface area contributed by atoms with Gasteiger partial charge in [0.15, 0.2) is 0 Å². The Balaban J connectivity index is 2.01. The summed E-state index contributed by atoms with van der Waals surface area (Å²) < 4.78 is 0. The number of hydrogen-bond donors (Lipinski definition) is 2. The molecule has 4 nitrogen and oxygen atoms in total. The van der Waals surface area contributed by atoms with Crippen molar-refractivity contribution in [3.8, 4) is 0 Å². The molecule has 0 heterocycles. The summed E-state index contributed by atoms with van der Waals surface area (Å²) in [6, 6.07) is 12.8. The Kier molecular flexibility index (Phi) is 6.13. The number of aryl methyl sites for hydroxylation is 1. The minimum atomic E-state index is -0.160. The number of carbonyl (C=O) groups is 2. The molecule has 126 valence electrons. The van der Waals surface area contributed by atoms with E-state index in [0.717, 1.165) is 29.7 Å². The maximum absolute atomic E-state index is 12.4. The van der Waals surface area contributed by atoms with E-state index in [0.29, 0.717) is 17.7 Å². The highest BCUT2D eigenvalue weighted by molar-refractivity contribution is 6.05. The first-order chi connectivity index (χ1) is 11.5. The number of hydrogen-bond acceptors (Lipinski definition) is 2. The quantitative estimate of drug-likeness (QED) is 0.810. The molecule has 0 aromatic heterocycles. The van der Waals surface area contributed by atoms with Crippen LogP contribution in [-0.4, -0.2) is 11.8 Å². The lowest BCUT2D eigenvalue weighted by Crippen LogP contribution is -2.14. The van der Waals surface area contributed by atoms with Crippen molar-refractivity contribution >= 4 is 23.2 Å². The highest BCUT2D eigenvalue weighted by Crippen LogP contribution is 2.19. The van der Waals surface area contributed by atoms with Crippen LogP contribution in [0.4, 0.5) is 11.4 Å². The molecule has 24 heavy (non-hydrogen) atoms. The summed E-state index contributed by atoms with van der Waals surface area (Å²) in [5.74, 6) is -0.156. The van der Waals surface area contributed by atoms with Gasteiger partial charge in [-0.1, -0.05) is 25.5 Å². The highest BCUT2D eigenvalue weighted by Gasteiger charge is 2.09. The second-order valence-electron chi connectivity index (χ2n) is 5.93. The Morgan fingerprint density at radius 1 is 0.958 bits per heavy atom. The maximum Gasteiger partial charge on any atom is 0.255 e. The second-order valence-corrected chi connectivity index (χ2v) is 5.93. The number of rotatable bonds is 6. The normalized spacial score (nSPS) is 10.3. The molecular weight excluding hydrogens is 300 g/mol. The summed E-state index contributed by atoms with van der Waals surface area (Å²) in [6.07, 6.45) is 2.39. The summed E-state index contributed by atoms with van der Waals surface area (Å²) in [5.41, 5.74) is 4.28. The molecule has 0 radical (unpaired) electrons. The molecule has 0 aliphatic rings. The zero-order valence-corrected chi connectivity index (χ0v) is 14.5. The number of carbonyl (C=O) groups excluding carboxylic acids is 2. The molecule has 2 N–H and O–H groups in total. The van der Waals surface area contributed by atoms with Crippen LogP contribution < -0.4 is 10.6 Å². The monoisotopic (exact) mass is 324 g/mol. The first kappa shape index (κ1) is 17.7.